The molecule has 6 heteroatoms. The maximum absolute atomic E-state index is 11.0. The van der Waals surface area contributed by atoms with Gasteiger partial charge in [-0.3, -0.25) is 0 Å². The number of carbonyl (C=O) groups is 1. The molecule has 1 aromatic heterocycles. The molecule has 0 saturated carbocycles. The molecule has 5 nitrogen and oxygen atoms in total. The molecule has 0 fully saturated rings. The summed E-state index contributed by atoms with van der Waals surface area (Å²) >= 11 is 1.80. The van der Waals surface area contributed by atoms with Crippen molar-refractivity contribution in [2.75, 3.05) is 18.1 Å². The van der Waals surface area contributed by atoms with E-state index in [1.54, 1.807) is 23.9 Å². The highest BCUT2D eigenvalue weighted by molar-refractivity contribution is 7.99. The third kappa shape index (κ3) is 3.32. The van der Waals surface area contributed by atoms with Crippen LogP contribution in [-0.4, -0.2) is 43.8 Å². The number of benzene rings is 1. The second kappa shape index (κ2) is 6.76. The van der Waals surface area contributed by atoms with E-state index >= 15 is 0 Å². The summed E-state index contributed by atoms with van der Waals surface area (Å²) in [6.07, 6.45) is 0.816. The summed E-state index contributed by atoms with van der Waals surface area (Å²) in [6, 6.07) is 5.04. The number of rotatable bonds is 7. The molecule has 0 aliphatic heterocycles. The maximum Gasteiger partial charge on any atom is 0.335 e. The number of fused-ring (bicyclic) bond motifs is 1. The molecule has 0 amide bonds. The minimum Gasteiger partial charge on any atom is -0.478 e. The number of aromatic carboxylic acids is 1. The molecule has 20 heavy (non-hydrogen) atoms. The van der Waals surface area contributed by atoms with Crippen molar-refractivity contribution in [1.29, 1.82) is 0 Å². The summed E-state index contributed by atoms with van der Waals surface area (Å²) in [6.45, 7) is 3.00. The van der Waals surface area contributed by atoms with E-state index < -0.39 is 5.97 Å². The highest BCUT2D eigenvalue weighted by Crippen LogP contribution is 2.18. The monoisotopic (exact) mass is 294 g/mol. The van der Waals surface area contributed by atoms with Crippen molar-refractivity contribution in [2.45, 2.75) is 19.9 Å². The molecule has 0 unspecified atom stereocenters. The van der Waals surface area contributed by atoms with Crippen LogP contribution < -0.4 is 0 Å². The average Bonchev–Trinajstić information content (AvgIpc) is 2.73. The number of carboxylic acid groups (broad SMARTS) is 1. The van der Waals surface area contributed by atoms with Crippen molar-refractivity contribution in [1.82, 2.24) is 9.55 Å². The van der Waals surface area contributed by atoms with E-state index in [0.717, 1.165) is 41.3 Å². The van der Waals surface area contributed by atoms with E-state index in [9.17, 15) is 4.79 Å². The van der Waals surface area contributed by atoms with Crippen LogP contribution in [0.5, 0.6) is 0 Å². The number of aryl methyl sites for hydroxylation is 2. The van der Waals surface area contributed by atoms with Crippen molar-refractivity contribution in [3.05, 3.63) is 29.6 Å². The maximum atomic E-state index is 11.0. The fourth-order valence-electron chi connectivity index (χ4n) is 2.09. The van der Waals surface area contributed by atoms with E-state index in [4.69, 9.17) is 10.2 Å². The van der Waals surface area contributed by atoms with Crippen LogP contribution in [0.15, 0.2) is 18.2 Å². The van der Waals surface area contributed by atoms with Crippen LogP contribution in [0.25, 0.3) is 11.0 Å². The molecule has 0 radical (unpaired) electrons. The lowest BCUT2D eigenvalue weighted by molar-refractivity contribution is 0.0697. The zero-order valence-electron chi connectivity index (χ0n) is 11.4. The Balaban J connectivity index is 2.13. The van der Waals surface area contributed by atoms with Crippen LogP contribution in [-0.2, 0) is 6.54 Å². The predicted molar refractivity (Wildman–Crippen MR) is 80.5 cm³/mol. The van der Waals surface area contributed by atoms with E-state index in [-0.39, 0.29) is 12.2 Å². The first-order valence-corrected chi connectivity index (χ1v) is 7.67. The van der Waals surface area contributed by atoms with E-state index in [1.165, 1.54) is 0 Å². The van der Waals surface area contributed by atoms with Crippen molar-refractivity contribution in [2.24, 2.45) is 0 Å². The van der Waals surface area contributed by atoms with Gasteiger partial charge in [0.2, 0.25) is 0 Å². The molecule has 2 N–H and O–H groups in total. The lowest BCUT2D eigenvalue weighted by atomic mass is 10.2. The van der Waals surface area contributed by atoms with Crippen LogP contribution in [0.3, 0.4) is 0 Å². The average molecular weight is 294 g/mol. The molecular weight excluding hydrogens is 276 g/mol. The van der Waals surface area contributed by atoms with Gasteiger partial charge in [0.25, 0.3) is 0 Å². The number of thioether (sulfide) groups is 1. The van der Waals surface area contributed by atoms with Crippen LogP contribution in [0.2, 0.25) is 0 Å². The fourth-order valence-corrected chi connectivity index (χ4v) is 2.94. The molecule has 108 valence electrons. The van der Waals surface area contributed by atoms with Gasteiger partial charge < -0.3 is 14.8 Å². The fraction of sp³-hybridized carbons (Fsp3) is 0.429. The largest absolute Gasteiger partial charge is 0.478 e. The second-order valence-electron chi connectivity index (χ2n) is 4.51. The zero-order valence-corrected chi connectivity index (χ0v) is 12.2. The van der Waals surface area contributed by atoms with Crippen LogP contribution in [0, 0.1) is 6.92 Å². The van der Waals surface area contributed by atoms with Gasteiger partial charge in [-0.25, -0.2) is 9.78 Å². The molecule has 0 saturated heterocycles. The summed E-state index contributed by atoms with van der Waals surface area (Å²) in [5.74, 6) is 1.86. The zero-order chi connectivity index (χ0) is 14.5. The Morgan fingerprint density at radius 1 is 1.40 bits per heavy atom. The molecular formula is C14H18N2O3S. The first-order valence-electron chi connectivity index (χ1n) is 6.52. The normalized spacial score (nSPS) is 11.1. The summed E-state index contributed by atoms with van der Waals surface area (Å²) < 4.78 is 2.10. The molecule has 0 atom stereocenters. The number of nitrogens with zero attached hydrogens (tertiary/aromatic N) is 2. The summed E-state index contributed by atoms with van der Waals surface area (Å²) in [5.41, 5.74) is 1.96. The third-order valence-electron chi connectivity index (χ3n) is 3.09. The lowest BCUT2D eigenvalue weighted by Gasteiger charge is -2.06. The van der Waals surface area contributed by atoms with E-state index in [2.05, 4.69) is 9.55 Å². The van der Waals surface area contributed by atoms with Gasteiger partial charge in [0, 0.05) is 18.9 Å². The van der Waals surface area contributed by atoms with Gasteiger partial charge in [0.1, 0.15) is 5.82 Å². The lowest BCUT2D eigenvalue weighted by Crippen LogP contribution is -2.03. The van der Waals surface area contributed by atoms with Gasteiger partial charge in [0.15, 0.2) is 0 Å². The second-order valence-corrected chi connectivity index (χ2v) is 5.73. The number of aromatic nitrogens is 2. The molecule has 0 aliphatic rings. The molecule has 2 aromatic rings. The van der Waals surface area contributed by atoms with Gasteiger partial charge >= 0.3 is 5.97 Å². The SMILES string of the molecule is Cc1nc2cc(C(=O)O)ccc2n1CCSCCCO. The van der Waals surface area contributed by atoms with Crippen LogP contribution >= 0.6 is 11.8 Å². The standard InChI is InChI=1S/C14H18N2O3S/c1-10-15-12-9-11(14(18)19)3-4-13(12)16(10)5-8-20-7-2-6-17/h3-4,9,17H,2,5-8H2,1H3,(H,18,19). The minimum atomic E-state index is -0.932. The molecule has 0 spiro atoms. The quantitative estimate of drug-likeness (QED) is 0.765. The Labute approximate surface area is 121 Å². The number of hydrogen-bond donors (Lipinski definition) is 2. The number of aliphatic hydroxyl groups excluding tert-OH is 1. The Hall–Kier alpha value is -1.53. The number of carboxylic acids is 1. The molecule has 1 heterocycles. The minimum absolute atomic E-state index is 0.234. The highest BCUT2D eigenvalue weighted by Gasteiger charge is 2.10. The van der Waals surface area contributed by atoms with Gasteiger partial charge in [0.05, 0.1) is 16.6 Å². The van der Waals surface area contributed by atoms with Crippen LogP contribution in [0.4, 0.5) is 0 Å². The molecule has 1 aromatic carbocycles. The Bertz CT molecular complexity index is 610. The first-order chi connectivity index (χ1) is 9.63. The number of hydrogen-bond acceptors (Lipinski definition) is 4. The highest BCUT2D eigenvalue weighted by atomic mass is 32.2. The topological polar surface area (TPSA) is 75.3 Å². The Morgan fingerprint density at radius 2 is 2.20 bits per heavy atom. The molecule has 0 aliphatic carbocycles. The molecule has 2 rings (SSSR count). The van der Waals surface area contributed by atoms with Gasteiger partial charge in [-0.2, -0.15) is 11.8 Å². The van der Waals surface area contributed by atoms with Crippen molar-refractivity contribution in [3.8, 4) is 0 Å². The van der Waals surface area contributed by atoms with E-state index in [0.29, 0.717) is 0 Å². The van der Waals surface area contributed by atoms with Gasteiger partial charge in [-0.1, -0.05) is 0 Å². The summed E-state index contributed by atoms with van der Waals surface area (Å²) in [7, 11) is 0. The van der Waals surface area contributed by atoms with Crippen molar-refractivity contribution >= 4 is 28.8 Å². The smallest absolute Gasteiger partial charge is 0.335 e. The van der Waals surface area contributed by atoms with Gasteiger partial charge in [-0.15, -0.1) is 0 Å². The summed E-state index contributed by atoms with van der Waals surface area (Å²) in [5, 5.41) is 17.7. The van der Waals surface area contributed by atoms with E-state index in [1.807, 2.05) is 13.0 Å². The number of aliphatic hydroxyl groups is 1. The van der Waals surface area contributed by atoms with Crippen molar-refractivity contribution in [3.63, 3.8) is 0 Å². The third-order valence-corrected chi connectivity index (χ3v) is 4.14. The Morgan fingerprint density at radius 3 is 2.90 bits per heavy atom. The van der Waals surface area contributed by atoms with Crippen LogP contribution in [0.1, 0.15) is 22.6 Å². The summed E-state index contributed by atoms with van der Waals surface area (Å²) in [4.78, 5) is 15.4. The first kappa shape index (κ1) is 14.9. The molecule has 0 bridgehead atoms. The van der Waals surface area contributed by atoms with Gasteiger partial charge in [-0.05, 0) is 37.3 Å². The predicted octanol–water partition coefficient (Wildman–Crippen LogP) is 2.16. The Kier molecular flexibility index (Phi) is 5.03. The van der Waals surface area contributed by atoms with Crippen molar-refractivity contribution < 1.29 is 15.0 Å². The number of imidazole rings is 1.